The third kappa shape index (κ3) is 5.78. The van der Waals surface area contributed by atoms with Gasteiger partial charge in [-0.3, -0.25) is 4.79 Å². The fourth-order valence-electron chi connectivity index (χ4n) is 2.07. The van der Waals surface area contributed by atoms with Gasteiger partial charge in [-0.15, -0.1) is 11.3 Å². The summed E-state index contributed by atoms with van der Waals surface area (Å²) in [4.78, 5) is 23.1. The van der Waals surface area contributed by atoms with E-state index in [9.17, 15) is 18.0 Å². The lowest BCUT2D eigenvalue weighted by Crippen LogP contribution is -2.34. The third-order valence-electron chi connectivity index (χ3n) is 3.23. The van der Waals surface area contributed by atoms with Gasteiger partial charge in [-0.05, 0) is 36.1 Å². The van der Waals surface area contributed by atoms with E-state index in [0.717, 1.165) is 16.0 Å². The minimum absolute atomic E-state index is 0.118. The van der Waals surface area contributed by atoms with Crippen LogP contribution in [0.4, 0.5) is 5.69 Å². The number of sulfonamides is 1. The lowest BCUT2D eigenvalue weighted by Gasteiger charge is -2.08. The smallest absolute Gasteiger partial charge is 0.345 e. The Hall–Kier alpha value is -2.01. The summed E-state index contributed by atoms with van der Waals surface area (Å²) >= 11 is 1.14. The van der Waals surface area contributed by atoms with Crippen molar-refractivity contribution in [2.24, 2.45) is 0 Å². The van der Waals surface area contributed by atoms with E-state index in [2.05, 4.69) is 10.0 Å². The van der Waals surface area contributed by atoms with Gasteiger partial charge in [-0.2, -0.15) is 0 Å². The van der Waals surface area contributed by atoms with Crippen LogP contribution in [0.5, 0.6) is 0 Å². The van der Waals surface area contributed by atoms with Crippen molar-refractivity contribution < 1.29 is 27.9 Å². The number of carboxylic acids is 1. The number of aromatic carboxylic acids is 1. The van der Waals surface area contributed by atoms with Crippen LogP contribution in [0.2, 0.25) is 0 Å². The molecule has 0 aliphatic carbocycles. The van der Waals surface area contributed by atoms with Crippen LogP contribution < -0.4 is 10.0 Å². The Morgan fingerprint density at radius 1 is 1.28 bits per heavy atom. The van der Waals surface area contributed by atoms with E-state index in [0.29, 0.717) is 24.1 Å². The van der Waals surface area contributed by atoms with Gasteiger partial charge in [0.15, 0.2) is 0 Å². The molecule has 1 aromatic carbocycles. The van der Waals surface area contributed by atoms with Gasteiger partial charge in [0.2, 0.25) is 15.9 Å². The van der Waals surface area contributed by atoms with E-state index in [1.54, 1.807) is 18.2 Å². The van der Waals surface area contributed by atoms with Crippen LogP contribution in [0.15, 0.2) is 24.3 Å². The molecule has 0 aliphatic rings. The molecule has 0 radical (unpaired) electrons. The summed E-state index contributed by atoms with van der Waals surface area (Å²) in [6.45, 7) is -0.0521. The van der Waals surface area contributed by atoms with Crippen LogP contribution in [-0.4, -0.2) is 51.4 Å². The van der Waals surface area contributed by atoms with Crippen molar-refractivity contribution in [1.82, 2.24) is 4.72 Å². The van der Waals surface area contributed by atoms with E-state index < -0.39 is 21.9 Å². The maximum Gasteiger partial charge on any atom is 0.345 e. The molecular weight excluding hydrogens is 368 g/mol. The molecule has 136 valence electrons. The fourth-order valence-corrected chi connectivity index (χ4v) is 3.95. The van der Waals surface area contributed by atoms with Gasteiger partial charge >= 0.3 is 5.97 Å². The molecule has 10 heteroatoms. The topological polar surface area (TPSA) is 122 Å². The highest BCUT2D eigenvalue weighted by Crippen LogP contribution is 2.28. The van der Waals surface area contributed by atoms with E-state index in [1.165, 1.54) is 13.2 Å². The summed E-state index contributed by atoms with van der Waals surface area (Å²) in [6.07, 6.45) is 0.341. The van der Waals surface area contributed by atoms with E-state index in [1.807, 2.05) is 0 Å². The van der Waals surface area contributed by atoms with Crippen molar-refractivity contribution in [2.75, 3.05) is 31.3 Å². The highest BCUT2D eigenvalue weighted by molar-refractivity contribution is 7.89. The zero-order valence-corrected chi connectivity index (χ0v) is 15.1. The average Bonchev–Trinajstić information content (AvgIpc) is 2.97. The number of carbonyl (C=O) groups is 2. The van der Waals surface area contributed by atoms with Gasteiger partial charge in [0.25, 0.3) is 0 Å². The number of anilines is 1. The van der Waals surface area contributed by atoms with Gasteiger partial charge in [0.1, 0.15) is 4.88 Å². The Morgan fingerprint density at radius 2 is 2.04 bits per heavy atom. The number of thiophene rings is 1. The second-order valence-electron chi connectivity index (χ2n) is 5.20. The van der Waals surface area contributed by atoms with E-state index in [4.69, 9.17) is 9.84 Å². The Balaban J connectivity index is 1.94. The third-order valence-corrected chi connectivity index (χ3v) is 5.74. The largest absolute Gasteiger partial charge is 0.477 e. The number of carbonyl (C=O) groups excluding carboxylic acids is 1. The lowest BCUT2D eigenvalue weighted by molar-refractivity contribution is -0.115. The predicted octanol–water partition coefficient (Wildman–Crippen LogP) is 1.49. The molecule has 0 atom stereocenters. The summed E-state index contributed by atoms with van der Waals surface area (Å²) in [5.41, 5.74) is 0.464. The Bertz CT molecular complexity index is 875. The average molecular weight is 386 g/mol. The van der Waals surface area contributed by atoms with Crippen LogP contribution in [0.25, 0.3) is 10.1 Å². The number of hydrogen-bond donors (Lipinski definition) is 3. The van der Waals surface area contributed by atoms with Crippen LogP contribution in [0.3, 0.4) is 0 Å². The zero-order chi connectivity index (χ0) is 18.4. The van der Waals surface area contributed by atoms with Crippen molar-refractivity contribution in [2.45, 2.75) is 6.42 Å². The summed E-state index contributed by atoms with van der Waals surface area (Å²) in [5.74, 6) is -1.63. The van der Waals surface area contributed by atoms with Crippen LogP contribution in [0.1, 0.15) is 16.1 Å². The standard InChI is InChI=1S/C15H18N2O6S2/c1-23-5-2-6-25(21,22)16-9-14(18)17-11-3-4-12-10(7-11)8-13(24-12)15(19)20/h3-4,7-8,16H,2,5-6,9H2,1H3,(H,17,18)(H,19,20). The predicted molar refractivity (Wildman–Crippen MR) is 95.7 cm³/mol. The first-order chi connectivity index (χ1) is 11.8. The first-order valence-electron chi connectivity index (χ1n) is 7.34. The van der Waals surface area contributed by atoms with Crippen molar-refractivity contribution >= 4 is 49.0 Å². The van der Waals surface area contributed by atoms with Gasteiger partial charge < -0.3 is 15.2 Å². The molecule has 1 heterocycles. The van der Waals surface area contributed by atoms with Gasteiger partial charge in [-0.25, -0.2) is 17.9 Å². The molecule has 2 rings (SSSR count). The van der Waals surface area contributed by atoms with Gasteiger partial charge in [-0.1, -0.05) is 0 Å². The minimum Gasteiger partial charge on any atom is -0.477 e. The highest BCUT2D eigenvalue weighted by atomic mass is 32.2. The number of ether oxygens (including phenoxy) is 1. The zero-order valence-electron chi connectivity index (χ0n) is 13.4. The monoisotopic (exact) mass is 386 g/mol. The van der Waals surface area contributed by atoms with Gasteiger partial charge in [0.05, 0.1) is 12.3 Å². The summed E-state index contributed by atoms with van der Waals surface area (Å²) in [6, 6.07) is 6.51. The molecule has 0 aliphatic heterocycles. The normalized spacial score (nSPS) is 11.6. The molecule has 1 aromatic heterocycles. The van der Waals surface area contributed by atoms with Crippen LogP contribution in [0, 0.1) is 0 Å². The molecule has 2 aromatic rings. The molecular formula is C15H18N2O6S2. The molecule has 0 saturated carbocycles. The van der Waals surface area contributed by atoms with Crippen molar-refractivity contribution in [3.8, 4) is 0 Å². The van der Waals surface area contributed by atoms with Crippen LogP contribution >= 0.6 is 11.3 Å². The number of rotatable bonds is 9. The number of methoxy groups -OCH3 is 1. The number of benzene rings is 1. The SMILES string of the molecule is COCCCS(=O)(=O)NCC(=O)Nc1ccc2sc(C(=O)O)cc2c1. The van der Waals surface area contributed by atoms with E-state index in [-0.39, 0.29) is 17.2 Å². The maximum atomic E-state index is 11.9. The summed E-state index contributed by atoms with van der Waals surface area (Å²) in [7, 11) is -2.05. The molecule has 25 heavy (non-hydrogen) atoms. The minimum atomic E-state index is -3.54. The number of fused-ring (bicyclic) bond motifs is 1. The highest BCUT2D eigenvalue weighted by Gasteiger charge is 2.13. The Morgan fingerprint density at radius 3 is 2.72 bits per heavy atom. The molecule has 8 nitrogen and oxygen atoms in total. The van der Waals surface area contributed by atoms with E-state index >= 15 is 0 Å². The van der Waals surface area contributed by atoms with Crippen LogP contribution in [-0.2, 0) is 19.6 Å². The van der Waals surface area contributed by atoms with Gasteiger partial charge in [0, 0.05) is 24.1 Å². The molecule has 0 spiro atoms. The maximum absolute atomic E-state index is 11.9. The van der Waals surface area contributed by atoms with Crippen molar-refractivity contribution in [3.05, 3.63) is 29.1 Å². The molecule has 1 amide bonds. The first-order valence-corrected chi connectivity index (χ1v) is 9.80. The number of nitrogens with one attached hydrogen (secondary N) is 2. The number of amides is 1. The quantitative estimate of drug-likeness (QED) is 0.561. The molecule has 0 fully saturated rings. The molecule has 0 unspecified atom stereocenters. The molecule has 0 bridgehead atoms. The van der Waals surface area contributed by atoms with Crippen molar-refractivity contribution in [1.29, 1.82) is 0 Å². The second-order valence-corrected chi connectivity index (χ2v) is 8.21. The van der Waals surface area contributed by atoms with Crippen molar-refractivity contribution in [3.63, 3.8) is 0 Å². The molecule has 0 saturated heterocycles. The lowest BCUT2D eigenvalue weighted by atomic mass is 10.2. The summed E-state index contributed by atoms with van der Waals surface area (Å²) in [5, 5.41) is 12.3. The Labute approximate surface area is 148 Å². The number of carboxylic acid groups (broad SMARTS) is 1. The fraction of sp³-hybridized carbons (Fsp3) is 0.333. The first kappa shape index (κ1) is 19.3. The molecule has 3 N–H and O–H groups in total. The summed E-state index contributed by atoms with van der Waals surface area (Å²) < 4.78 is 31.2. The Kier molecular flexibility index (Phi) is 6.48. The number of hydrogen-bond acceptors (Lipinski definition) is 6. The second kappa shape index (κ2) is 8.39.